The van der Waals surface area contributed by atoms with Crippen LogP contribution in [0.4, 0.5) is 4.79 Å². The largest absolute Gasteiger partial charge is 0.480 e. The number of esters is 1. The number of carboxylic acids is 1. The molecule has 0 saturated heterocycles. The molecule has 0 atom stereocenters. The fourth-order valence-corrected chi connectivity index (χ4v) is 1.01. The molecule has 0 aromatic carbocycles. The standard InChI is InChI=1S/C11H20N2O5/c1-5-18-8(14)6-7-13(4)10(17)12-11(2,3)9(15)16/h5-7H2,1-4H3,(H,12,17)(H,15,16). The number of carbonyl (C=O) groups excluding carboxylic acids is 2. The first-order valence-electron chi connectivity index (χ1n) is 5.63. The Balaban J connectivity index is 4.20. The average molecular weight is 260 g/mol. The van der Waals surface area contributed by atoms with E-state index in [2.05, 4.69) is 5.32 Å². The van der Waals surface area contributed by atoms with Crippen molar-refractivity contribution in [2.24, 2.45) is 0 Å². The number of urea groups is 1. The molecule has 0 fully saturated rings. The molecule has 2 amide bonds. The number of rotatable bonds is 6. The fourth-order valence-electron chi connectivity index (χ4n) is 1.01. The normalized spacial score (nSPS) is 10.7. The Morgan fingerprint density at radius 1 is 1.33 bits per heavy atom. The monoisotopic (exact) mass is 260 g/mol. The van der Waals surface area contributed by atoms with Crippen LogP contribution in [-0.4, -0.2) is 53.7 Å². The van der Waals surface area contributed by atoms with Crippen LogP contribution in [0.25, 0.3) is 0 Å². The van der Waals surface area contributed by atoms with Crippen LogP contribution >= 0.6 is 0 Å². The summed E-state index contributed by atoms with van der Waals surface area (Å²) >= 11 is 0. The highest BCUT2D eigenvalue weighted by Crippen LogP contribution is 2.03. The third-order valence-electron chi connectivity index (χ3n) is 2.26. The number of aliphatic carboxylic acids is 1. The van der Waals surface area contributed by atoms with Gasteiger partial charge in [0.15, 0.2) is 0 Å². The number of hydrogen-bond acceptors (Lipinski definition) is 4. The lowest BCUT2D eigenvalue weighted by Gasteiger charge is -2.25. The summed E-state index contributed by atoms with van der Waals surface area (Å²) < 4.78 is 4.72. The Morgan fingerprint density at radius 2 is 1.89 bits per heavy atom. The van der Waals surface area contributed by atoms with E-state index in [-0.39, 0.29) is 13.0 Å². The molecule has 0 radical (unpaired) electrons. The Bertz CT molecular complexity index is 327. The molecular weight excluding hydrogens is 240 g/mol. The molecule has 0 rings (SSSR count). The van der Waals surface area contributed by atoms with Gasteiger partial charge >= 0.3 is 18.0 Å². The maximum atomic E-state index is 11.6. The number of amides is 2. The molecule has 2 N–H and O–H groups in total. The highest BCUT2D eigenvalue weighted by molar-refractivity contribution is 5.85. The zero-order valence-corrected chi connectivity index (χ0v) is 11.1. The van der Waals surface area contributed by atoms with E-state index in [1.54, 1.807) is 6.92 Å². The summed E-state index contributed by atoms with van der Waals surface area (Å²) in [5.41, 5.74) is -1.35. The van der Waals surface area contributed by atoms with Crippen molar-refractivity contribution >= 4 is 18.0 Å². The first-order valence-corrected chi connectivity index (χ1v) is 5.63. The van der Waals surface area contributed by atoms with Crippen LogP contribution in [0.2, 0.25) is 0 Å². The molecule has 7 heteroatoms. The van der Waals surface area contributed by atoms with Gasteiger partial charge < -0.3 is 20.1 Å². The van der Waals surface area contributed by atoms with Gasteiger partial charge in [0.25, 0.3) is 0 Å². The third-order valence-corrected chi connectivity index (χ3v) is 2.26. The van der Waals surface area contributed by atoms with E-state index in [0.717, 1.165) is 0 Å². The zero-order chi connectivity index (χ0) is 14.3. The quantitative estimate of drug-likeness (QED) is 0.676. The first kappa shape index (κ1) is 16.2. The van der Waals surface area contributed by atoms with Crippen molar-refractivity contribution in [3.8, 4) is 0 Å². The van der Waals surface area contributed by atoms with Gasteiger partial charge in [-0.15, -0.1) is 0 Å². The second-order valence-electron chi connectivity index (χ2n) is 4.34. The number of nitrogens with zero attached hydrogens (tertiary/aromatic N) is 1. The summed E-state index contributed by atoms with van der Waals surface area (Å²) in [5, 5.41) is 11.2. The number of carboxylic acid groups (broad SMARTS) is 1. The molecule has 104 valence electrons. The van der Waals surface area contributed by atoms with Gasteiger partial charge in [-0.05, 0) is 20.8 Å². The molecular formula is C11H20N2O5. The Morgan fingerprint density at radius 3 is 2.33 bits per heavy atom. The Hall–Kier alpha value is -1.79. The SMILES string of the molecule is CCOC(=O)CCN(C)C(=O)NC(C)(C)C(=O)O. The predicted octanol–water partition coefficient (Wildman–Crippen LogP) is 0.444. The maximum absolute atomic E-state index is 11.6. The fraction of sp³-hybridized carbons (Fsp3) is 0.727. The first-order chi connectivity index (χ1) is 8.20. The Kier molecular flexibility index (Phi) is 6.15. The van der Waals surface area contributed by atoms with Crippen LogP contribution in [0.15, 0.2) is 0 Å². The van der Waals surface area contributed by atoms with Crippen LogP contribution < -0.4 is 5.32 Å². The van der Waals surface area contributed by atoms with Crippen molar-refractivity contribution < 1.29 is 24.2 Å². The van der Waals surface area contributed by atoms with Crippen LogP contribution in [0, 0.1) is 0 Å². The summed E-state index contributed by atoms with van der Waals surface area (Å²) in [4.78, 5) is 34.8. The summed E-state index contributed by atoms with van der Waals surface area (Å²) in [5.74, 6) is -1.52. The smallest absolute Gasteiger partial charge is 0.328 e. The lowest BCUT2D eigenvalue weighted by molar-refractivity contribution is -0.144. The molecule has 0 unspecified atom stereocenters. The van der Waals surface area contributed by atoms with Gasteiger partial charge in [-0.25, -0.2) is 9.59 Å². The molecule has 0 aliphatic rings. The van der Waals surface area contributed by atoms with E-state index in [1.165, 1.54) is 25.8 Å². The minimum Gasteiger partial charge on any atom is -0.480 e. The summed E-state index contributed by atoms with van der Waals surface area (Å²) in [7, 11) is 1.48. The van der Waals surface area contributed by atoms with Crippen LogP contribution in [-0.2, 0) is 14.3 Å². The van der Waals surface area contributed by atoms with Crippen molar-refractivity contribution in [2.75, 3.05) is 20.2 Å². The molecule has 0 aliphatic carbocycles. The number of carbonyl (C=O) groups is 3. The van der Waals surface area contributed by atoms with Crippen molar-refractivity contribution in [2.45, 2.75) is 32.7 Å². The van der Waals surface area contributed by atoms with Gasteiger partial charge in [-0.3, -0.25) is 4.79 Å². The molecule has 0 aliphatic heterocycles. The Labute approximate surface area is 106 Å². The topological polar surface area (TPSA) is 95.9 Å². The third kappa shape index (κ3) is 5.51. The molecule has 0 spiro atoms. The maximum Gasteiger partial charge on any atom is 0.328 e. The molecule has 0 bridgehead atoms. The number of hydrogen-bond donors (Lipinski definition) is 2. The second kappa shape index (κ2) is 6.83. The minimum absolute atomic E-state index is 0.0747. The van der Waals surface area contributed by atoms with Crippen molar-refractivity contribution in [1.29, 1.82) is 0 Å². The van der Waals surface area contributed by atoms with Crippen molar-refractivity contribution in [3.63, 3.8) is 0 Å². The van der Waals surface area contributed by atoms with E-state index < -0.39 is 23.5 Å². The molecule has 7 nitrogen and oxygen atoms in total. The van der Waals surface area contributed by atoms with Crippen LogP contribution in [0.3, 0.4) is 0 Å². The summed E-state index contributed by atoms with van der Waals surface area (Å²) in [6.07, 6.45) is 0.0747. The van der Waals surface area contributed by atoms with Crippen molar-refractivity contribution in [1.82, 2.24) is 10.2 Å². The lowest BCUT2D eigenvalue weighted by Crippen LogP contribution is -2.53. The molecule has 0 aromatic heterocycles. The molecule has 0 aromatic rings. The molecule has 0 saturated carbocycles. The minimum atomic E-state index is -1.35. The average Bonchev–Trinajstić information content (AvgIpc) is 2.25. The van der Waals surface area contributed by atoms with Gasteiger partial charge in [0, 0.05) is 13.6 Å². The van der Waals surface area contributed by atoms with Gasteiger partial charge in [-0.1, -0.05) is 0 Å². The van der Waals surface area contributed by atoms with E-state index in [9.17, 15) is 14.4 Å². The molecule has 18 heavy (non-hydrogen) atoms. The lowest BCUT2D eigenvalue weighted by atomic mass is 10.1. The van der Waals surface area contributed by atoms with Gasteiger partial charge in [0.2, 0.25) is 0 Å². The van der Waals surface area contributed by atoms with E-state index in [1.807, 2.05) is 0 Å². The van der Waals surface area contributed by atoms with Gasteiger partial charge in [0.05, 0.1) is 13.0 Å². The van der Waals surface area contributed by atoms with Crippen LogP contribution in [0.1, 0.15) is 27.2 Å². The predicted molar refractivity (Wildman–Crippen MR) is 64.1 cm³/mol. The zero-order valence-electron chi connectivity index (χ0n) is 11.1. The number of nitrogens with one attached hydrogen (secondary N) is 1. The van der Waals surface area contributed by atoms with Gasteiger partial charge in [0.1, 0.15) is 5.54 Å². The van der Waals surface area contributed by atoms with Gasteiger partial charge in [-0.2, -0.15) is 0 Å². The van der Waals surface area contributed by atoms with E-state index in [4.69, 9.17) is 9.84 Å². The van der Waals surface area contributed by atoms with Crippen molar-refractivity contribution in [3.05, 3.63) is 0 Å². The second-order valence-corrected chi connectivity index (χ2v) is 4.34. The summed E-state index contributed by atoms with van der Waals surface area (Å²) in [6, 6.07) is -0.549. The van der Waals surface area contributed by atoms with E-state index in [0.29, 0.717) is 6.61 Å². The van der Waals surface area contributed by atoms with E-state index >= 15 is 0 Å². The highest BCUT2D eigenvalue weighted by Gasteiger charge is 2.30. The highest BCUT2D eigenvalue weighted by atomic mass is 16.5. The van der Waals surface area contributed by atoms with Crippen LogP contribution in [0.5, 0.6) is 0 Å². The molecule has 0 heterocycles. The number of ether oxygens (including phenoxy) is 1. The summed E-state index contributed by atoms with van der Waals surface area (Å²) in [6.45, 7) is 4.92.